The van der Waals surface area contributed by atoms with E-state index in [0.29, 0.717) is 0 Å². The van der Waals surface area contributed by atoms with Gasteiger partial charge >= 0.3 is 0 Å². The number of aromatic nitrogens is 2. The van der Waals surface area contributed by atoms with Crippen LogP contribution in [0.5, 0.6) is 0 Å². The average Bonchev–Trinajstić information content (AvgIpc) is 2.81. The van der Waals surface area contributed by atoms with E-state index in [-0.39, 0.29) is 6.10 Å². The molecule has 2 aromatic rings. The van der Waals surface area contributed by atoms with Crippen LogP contribution in [0.2, 0.25) is 0 Å². The van der Waals surface area contributed by atoms with Crippen LogP contribution in [-0.2, 0) is 4.74 Å². The molecule has 1 atom stereocenters. The molecular formula is C15H22N4OS. The molecule has 1 unspecified atom stereocenters. The Morgan fingerprint density at radius 1 is 1.43 bits per heavy atom. The van der Waals surface area contributed by atoms with Crippen LogP contribution in [0.3, 0.4) is 0 Å². The van der Waals surface area contributed by atoms with E-state index in [1.54, 1.807) is 17.7 Å². The molecule has 1 fully saturated rings. The van der Waals surface area contributed by atoms with Crippen LogP contribution < -0.4 is 5.32 Å². The van der Waals surface area contributed by atoms with Gasteiger partial charge in [0.1, 0.15) is 17.0 Å². The van der Waals surface area contributed by atoms with Gasteiger partial charge in [-0.15, -0.1) is 11.3 Å². The minimum atomic E-state index is 0.226. The lowest BCUT2D eigenvalue weighted by Crippen LogP contribution is -2.45. The second-order valence-corrected chi connectivity index (χ2v) is 6.66. The summed E-state index contributed by atoms with van der Waals surface area (Å²) in [5.74, 6) is 0.930. The molecule has 0 spiro atoms. The molecular weight excluding hydrogens is 284 g/mol. The van der Waals surface area contributed by atoms with E-state index in [4.69, 9.17) is 4.74 Å². The molecule has 1 aliphatic heterocycles. The van der Waals surface area contributed by atoms with Gasteiger partial charge in [-0.25, -0.2) is 9.97 Å². The first kappa shape index (κ1) is 14.7. The van der Waals surface area contributed by atoms with Gasteiger partial charge in [0.05, 0.1) is 18.1 Å². The highest BCUT2D eigenvalue weighted by Gasteiger charge is 2.20. The summed E-state index contributed by atoms with van der Waals surface area (Å²) in [7, 11) is 0. The predicted molar refractivity (Wildman–Crippen MR) is 87.2 cm³/mol. The summed E-state index contributed by atoms with van der Waals surface area (Å²) in [6, 6.07) is 0. The minimum absolute atomic E-state index is 0.226. The lowest BCUT2D eigenvalue weighted by Gasteiger charge is -2.32. The van der Waals surface area contributed by atoms with Gasteiger partial charge in [-0.3, -0.25) is 4.90 Å². The first-order valence-electron chi connectivity index (χ1n) is 7.47. The number of hydrogen-bond donors (Lipinski definition) is 1. The van der Waals surface area contributed by atoms with Crippen molar-refractivity contribution in [3.8, 4) is 0 Å². The number of nitrogens with one attached hydrogen (secondary N) is 1. The third kappa shape index (κ3) is 3.02. The standard InChI is InChI=1S/C15H22N4OS/c1-4-19-5-6-20-12(8-19)7-16-14-13-10(2)11(3)21-15(13)18-9-17-14/h9,12H,4-8H2,1-3H3,(H,16,17,18). The fourth-order valence-corrected chi connectivity index (χ4v) is 3.71. The Kier molecular flexibility index (Phi) is 4.37. The number of likely N-dealkylation sites (N-methyl/N-ethyl adjacent to an activating group) is 1. The maximum atomic E-state index is 5.83. The molecule has 2 aromatic heterocycles. The zero-order chi connectivity index (χ0) is 14.8. The van der Waals surface area contributed by atoms with E-state index in [1.807, 2.05) is 0 Å². The molecule has 0 saturated carbocycles. The van der Waals surface area contributed by atoms with Crippen molar-refractivity contribution in [1.82, 2.24) is 14.9 Å². The second kappa shape index (κ2) is 6.25. The summed E-state index contributed by atoms with van der Waals surface area (Å²) < 4.78 is 5.83. The van der Waals surface area contributed by atoms with Gasteiger partial charge in [-0.05, 0) is 26.0 Å². The first-order chi connectivity index (χ1) is 10.2. The van der Waals surface area contributed by atoms with Gasteiger partial charge in [0.15, 0.2) is 0 Å². The molecule has 0 radical (unpaired) electrons. The molecule has 21 heavy (non-hydrogen) atoms. The number of anilines is 1. The molecule has 3 heterocycles. The number of morpholine rings is 1. The number of aryl methyl sites for hydroxylation is 2. The van der Waals surface area contributed by atoms with Crippen LogP contribution in [0.1, 0.15) is 17.4 Å². The van der Waals surface area contributed by atoms with Gasteiger partial charge in [0, 0.05) is 24.5 Å². The van der Waals surface area contributed by atoms with E-state index in [9.17, 15) is 0 Å². The molecule has 3 rings (SSSR count). The minimum Gasteiger partial charge on any atom is -0.374 e. The van der Waals surface area contributed by atoms with Crippen molar-refractivity contribution in [2.45, 2.75) is 26.9 Å². The van der Waals surface area contributed by atoms with Crippen LogP contribution in [0.15, 0.2) is 6.33 Å². The number of ether oxygens (including phenoxy) is 1. The van der Waals surface area contributed by atoms with Crippen molar-refractivity contribution in [1.29, 1.82) is 0 Å². The largest absolute Gasteiger partial charge is 0.374 e. The maximum absolute atomic E-state index is 5.83. The average molecular weight is 306 g/mol. The maximum Gasteiger partial charge on any atom is 0.138 e. The van der Waals surface area contributed by atoms with Crippen molar-refractivity contribution in [3.05, 3.63) is 16.8 Å². The summed E-state index contributed by atoms with van der Waals surface area (Å²) in [5.41, 5.74) is 1.28. The molecule has 5 nitrogen and oxygen atoms in total. The lowest BCUT2D eigenvalue weighted by atomic mass is 10.2. The highest BCUT2D eigenvalue weighted by molar-refractivity contribution is 7.18. The highest BCUT2D eigenvalue weighted by Crippen LogP contribution is 2.32. The van der Waals surface area contributed by atoms with Crippen LogP contribution in [0.4, 0.5) is 5.82 Å². The number of hydrogen-bond acceptors (Lipinski definition) is 6. The van der Waals surface area contributed by atoms with E-state index < -0.39 is 0 Å². The van der Waals surface area contributed by atoms with E-state index >= 15 is 0 Å². The van der Waals surface area contributed by atoms with Crippen molar-refractivity contribution < 1.29 is 4.74 Å². The van der Waals surface area contributed by atoms with Gasteiger partial charge in [0.2, 0.25) is 0 Å². The summed E-state index contributed by atoms with van der Waals surface area (Å²) in [6.07, 6.45) is 1.86. The Hall–Kier alpha value is -1.24. The molecule has 0 bridgehead atoms. The molecule has 1 aliphatic rings. The predicted octanol–water partition coefficient (Wildman–Crippen LogP) is 2.44. The summed E-state index contributed by atoms with van der Waals surface area (Å²) in [4.78, 5) is 13.6. The van der Waals surface area contributed by atoms with Crippen LogP contribution >= 0.6 is 11.3 Å². The third-order valence-electron chi connectivity index (χ3n) is 4.13. The number of fused-ring (bicyclic) bond motifs is 1. The zero-order valence-corrected chi connectivity index (χ0v) is 13.7. The van der Waals surface area contributed by atoms with E-state index in [2.05, 4.69) is 41.0 Å². The molecule has 114 valence electrons. The third-order valence-corrected chi connectivity index (χ3v) is 5.25. The monoisotopic (exact) mass is 306 g/mol. The van der Waals surface area contributed by atoms with E-state index in [0.717, 1.165) is 48.8 Å². The summed E-state index contributed by atoms with van der Waals surface area (Å²) >= 11 is 1.73. The quantitative estimate of drug-likeness (QED) is 0.940. The molecule has 0 amide bonds. The lowest BCUT2D eigenvalue weighted by molar-refractivity contribution is -0.0192. The Morgan fingerprint density at radius 3 is 3.10 bits per heavy atom. The molecule has 0 aliphatic carbocycles. The Labute approximate surface area is 129 Å². The van der Waals surface area contributed by atoms with Gasteiger partial charge in [-0.1, -0.05) is 6.92 Å². The first-order valence-corrected chi connectivity index (χ1v) is 8.29. The molecule has 6 heteroatoms. The SMILES string of the molecule is CCN1CCOC(CNc2ncnc3sc(C)c(C)c23)C1. The Bertz CT molecular complexity index is 627. The number of thiophene rings is 1. The molecule has 1 saturated heterocycles. The topological polar surface area (TPSA) is 50.3 Å². The van der Waals surface area contributed by atoms with Crippen molar-refractivity contribution in [3.63, 3.8) is 0 Å². The van der Waals surface area contributed by atoms with Crippen LogP contribution in [-0.4, -0.2) is 53.8 Å². The molecule has 0 aromatic carbocycles. The molecule has 1 N–H and O–H groups in total. The van der Waals surface area contributed by atoms with Crippen molar-refractivity contribution in [2.75, 3.05) is 38.1 Å². The van der Waals surface area contributed by atoms with Crippen LogP contribution in [0.25, 0.3) is 10.2 Å². The van der Waals surface area contributed by atoms with Gasteiger partial charge in [-0.2, -0.15) is 0 Å². The van der Waals surface area contributed by atoms with Crippen molar-refractivity contribution >= 4 is 27.4 Å². The summed E-state index contributed by atoms with van der Waals surface area (Å²) in [5, 5.41) is 4.62. The highest BCUT2D eigenvalue weighted by atomic mass is 32.1. The van der Waals surface area contributed by atoms with Crippen LogP contribution in [0, 0.1) is 13.8 Å². The van der Waals surface area contributed by atoms with Crippen molar-refractivity contribution in [2.24, 2.45) is 0 Å². The zero-order valence-electron chi connectivity index (χ0n) is 12.8. The fourth-order valence-electron chi connectivity index (χ4n) is 2.72. The Morgan fingerprint density at radius 2 is 2.29 bits per heavy atom. The summed E-state index contributed by atoms with van der Waals surface area (Å²) in [6.45, 7) is 11.2. The van der Waals surface area contributed by atoms with Gasteiger partial charge in [0.25, 0.3) is 0 Å². The van der Waals surface area contributed by atoms with Gasteiger partial charge < -0.3 is 10.1 Å². The number of rotatable bonds is 4. The smallest absolute Gasteiger partial charge is 0.138 e. The fraction of sp³-hybridized carbons (Fsp3) is 0.600. The number of nitrogens with zero attached hydrogens (tertiary/aromatic N) is 3. The van der Waals surface area contributed by atoms with E-state index in [1.165, 1.54) is 10.4 Å². The Balaban J connectivity index is 1.73. The second-order valence-electron chi connectivity index (χ2n) is 5.45. The normalized spacial score (nSPS) is 20.0.